The van der Waals surface area contributed by atoms with Gasteiger partial charge in [0.2, 0.25) is 0 Å². The Labute approximate surface area is 111 Å². The number of halogens is 2. The standard InChI is InChI=1S/C12H7BrFN3O/c13-7-4-11(16-6-7)12(18)17-10-3-1-2-9(14)8(10)5-15/h1-4,6,16H,(H,17,18). The van der Waals surface area contributed by atoms with Crippen molar-refractivity contribution in [2.24, 2.45) is 0 Å². The maximum atomic E-state index is 13.3. The Morgan fingerprint density at radius 1 is 1.50 bits per heavy atom. The van der Waals surface area contributed by atoms with Gasteiger partial charge in [0, 0.05) is 10.7 Å². The molecule has 18 heavy (non-hydrogen) atoms. The molecule has 0 saturated carbocycles. The molecule has 2 aromatic rings. The third-order valence-corrected chi connectivity index (χ3v) is 2.72. The van der Waals surface area contributed by atoms with Gasteiger partial charge >= 0.3 is 0 Å². The topological polar surface area (TPSA) is 68.7 Å². The van der Waals surface area contributed by atoms with Crippen molar-refractivity contribution >= 4 is 27.5 Å². The number of nitriles is 1. The number of nitrogens with zero attached hydrogens (tertiary/aromatic N) is 1. The molecule has 4 nitrogen and oxygen atoms in total. The van der Waals surface area contributed by atoms with Gasteiger partial charge in [0.05, 0.1) is 5.69 Å². The molecule has 2 rings (SSSR count). The average molecular weight is 308 g/mol. The minimum Gasteiger partial charge on any atom is -0.356 e. The lowest BCUT2D eigenvalue weighted by Gasteiger charge is -2.06. The summed E-state index contributed by atoms with van der Waals surface area (Å²) in [7, 11) is 0. The first-order valence-electron chi connectivity index (χ1n) is 4.95. The van der Waals surface area contributed by atoms with E-state index >= 15 is 0 Å². The van der Waals surface area contributed by atoms with Crippen LogP contribution in [0.4, 0.5) is 10.1 Å². The van der Waals surface area contributed by atoms with E-state index in [9.17, 15) is 9.18 Å². The van der Waals surface area contributed by atoms with Gasteiger partial charge < -0.3 is 10.3 Å². The summed E-state index contributed by atoms with van der Waals surface area (Å²) in [5, 5.41) is 11.3. The molecule has 0 spiro atoms. The van der Waals surface area contributed by atoms with E-state index in [1.807, 2.05) is 0 Å². The van der Waals surface area contributed by atoms with Crippen molar-refractivity contribution in [2.45, 2.75) is 0 Å². The summed E-state index contributed by atoms with van der Waals surface area (Å²) in [6, 6.07) is 7.36. The second-order valence-electron chi connectivity index (χ2n) is 3.46. The number of hydrogen-bond donors (Lipinski definition) is 2. The molecule has 0 unspecified atom stereocenters. The molecule has 2 N–H and O–H groups in total. The number of anilines is 1. The number of aromatic nitrogens is 1. The van der Waals surface area contributed by atoms with Crippen LogP contribution in [-0.4, -0.2) is 10.9 Å². The lowest BCUT2D eigenvalue weighted by molar-refractivity contribution is 0.102. The summed E-state index contributed by atoms with van der Waals surface area (Å²) in [6.07, 6.45) is 1.60. The van der Waals surface area contributed by atoms with Crippen molar-refractivity contribution in [3.63, 3.8) is 0 Å². The zero-order valence-corrected chi connectivity index (χ0v) is 10.6. The van der Waals surface area contributed by atoms with Gasteiger partial charge in [-0.3, -0.25) is 4.79 Å². The van der Waals surface area contributed by atoms with Crippen LogP contribution >= 0.6 is 15.9 Å². The van der Waals surface area contributed by atoms with Crippen molar-refractivity contribution < 1.29 is 9.18 Å². The summed E-state index contributed by atoms with van der Waals surface area (Å²) in [5.41, 5.74) is 0.278. The van der Waals surface area contributed by atoms with Crippen LogP contribution in [0.25, 0.3) is 0 Å². The summed E-state index contributed by atoms with van der Waals surface area (Å²) in [5.74, 6) is -1.11. The monoisotopic (exact) mass is 307 g/mol. The van der Waals surface area contributed by atoms with Crippen LogP contribution in [-0.2, 0) is 0 Å². The molecule has 1 heterocycles. The van der Waals surface area contributed by atoms with Gasteiger partial charge in [-0.2, -0.15) is 5.26 Å². The lowest BCUT2D eigenvalue weighted by atomic mass is 10.2. The zero-order chi connectivity index (χ0) is 13.1. The van der Waals surface area contributed by atoms with Gasteiger partial charge in [-0.25, -0.2) is 4.39 Å². The van der Waals surface area contributed by atoms with Crippen LogP contribution in [0.3, 0.4) is 0 Å². The fraction of sp³-hybridized carbons (Fsp3) is 0. The number of carbonyl (C=O) groups is 1. The van der Waals surface area contributed by atoms with Gasteiger partial charge in [-0.1, -0.05) is 6.07 Å². The molecule has 0 aliphatic rings. The number of hydrogen-bond acceptors (Lipinski definition) is 2. The number of amides is 1. The molecule has 0 atom stereocenters. The Kier molecular flexibility index (Phi) is 3.44. The molecule has 90 valence electrons. The molecule has 0 aliphatic carbocycles. The van der Waals surface area contributed by atoms with Crippen LogP contribution in [0.15, 0.2) is 34.9 Å². The van der Waals surface area contributed by atoms with Crippen molar-refractivity contribution in [3.05, 3.63) is 52.0 Å². The third-order valence-electron chi connectivity index (χ3n) is 2.27. The molecule has 6 heteroatoms. The molecular weight excluding hydrogens is 301 g/mol. The maximum Gasteiger partial charge on any atom is 0.272 e. The maximum absolute atomic E-state index is 13.3. The second-order valence-corrected chi connectivity index (χ2v) is 4.38. The zero-order valence-electron chi connectivity index (χ0n) is 9.00. The van der Waals surface area contributed by atoms with Crippen molar-refractivity contribution in [2.75, 3.05) is 5.32 Å². The molecule has 0 bridgehead atoms. The SMILES string of the molecule is N#Cc1c(F)cccc1NC(=O)c1cc(Br)c[nH]1. The fourth-order valence-corrected chi connectivity index (χ4v) is 1.77. The highest BCUT2D eigenvalue weighted by Crippen LogP contribution is 2.19. The Morgan fingerprint density at radius 3 is 2.89 bits per heavy atom. The minimum absolute atomic E-state index is 0.147. The highest BCUT2D eigenvalue weighted by molar-refractivity contribution is 9.10. The number of carbonyl (C=O) groups excluding carboxylic acids is 1. The molecule has 0 fully saturated rings. The first kappa shape index (κ1) is 12.3. The quantitative estimate of drug-likeness (QED) is 0.895. The molecular formula is C12H7BrFN3O. The summed E-state index contributed by atoms with van der Waals surface area (Å²) >= 11 is 3.20. The Morgan fingerprint density at radius 2 is 2.28 bits per heavy atom. The van der Waals surface area contributed by atoms with Crippen molar-refractivity contribution in [1.29, 1.82) is 5.26 Å². The van der Waals surface area contributed by atoms with E-state index in [0.29, 0.717) is 5.69 Å². The molecule has 0 aliphatic heterocycles. The Hall–Kier alpha value is -2.13. The van der Waals surface area contributed by atoms with E-state index < -0.39 is 11.7 Å². The van der Waals surface area contributed by atoms with Gasteiger partial charge in [0.1, 0.15) is 23.1 Å². The van der Waals surface area contributed by atoms with Crippen LogP contribution in [0.1, 0.15) is 16.1 Å². The van der Waals surface area contributed by atoms with Gasteiger partial charge in [-0.15, -0.1) is 0 Å². The van der Waals surface area contributed by atoms with E-state index in [1.165, 1.54) is 18.2 Å². The second kappa shape index (κ2) is 5.02. The fourth-order valence-electron chi connectivity index (χ4n) is 1.43. The van der Waals surface area contributed by atoms with E-state index in [-0.39, 0.29) is 11.3 Å². The average Bonchev–Trinajstić information content (AvgIpc) is 2.76. The summed E-state index contributed by atoms with van der Waals surface area (Å²) in [6.45, 7) is 0. The van der Waals surface area contributed by atoms with Crippen LogP contribution in [0, 0.1) is 17.1 Å². The molecule has 1 amide bonds. The first-order valence-corrected chi connectivity index (χ1v) is 5.75. The number of benzene rings is 1. The van der Waals surface area contributed by atoms with Gasteiger partial charge in [0.15, 0.2) is 0 Å². The predicted octanol–water partition coefficient (Wildman–Crippen LogP) is 3.04. The minimum atomic E-state index is -0.664. The highest BCUT2D eigenvalue weighted by Gasteiger charge is 2.13. The summed E-state index contributed by atoms with van der Waals surface area (Å²) < 4.78 is 14.0. The number of aromatic amines is 1. The predicted molar refractivity (Wildman–Crippen MR) is 67.6 cm³/mol. The van der Waals surface area contributed by atoms with E-state index in [2.05, 4.69) is 26.2 Å². The van der Waals surface area contributed by atoms with Crippen LogP contribution in [0.2, 0.25) is 0 Å². The van der Waals surface area contributed by atoms with Crippen molar-refractivity contribution in [3.8, 4) is 6.07 Å². The highest BCUT2D eigenvalue weighted by atomic mass is 79.9. The smallest absolute Gasteiger partial charge is 0.272 e. The normalized spacial score (nSPS) is 9.83. The van der Waals surface area contributed by atoms with Crippen molar-refractivity contribution in [1.82, 2.24) is 4.98 Å². The Balaban J connectivity index is 2.28. The molecule has 0 saturated heterocycles. The number of nitrogens with one attached hydrogen (secondary N) is 2. The van der Waals surface area contributed by atoms with Crippen LogP contribution in [0.5, 0.6) is 0 Å². The number of H-pyrrole nitrogens is 1. The van der Waals surface area contributed by atoms with E-state index in [1.54, 1.807) is 18.3 Å². The summed E-state index contributed by atoms with van der Waals surface area (Å²) in [4.78, 5) is 14.6. The number of rotatable bonds is 2. The van der Waals surface area contributed by atoms with E-state index in [0.717, 1.165) is 4.47 Å². The molecule has 1 aromatic carbocycles. The Bertz CT molecular complexity index is 645. The first-order chi connectivity index (χ1) is 8.61. The largest absolute Gasteiger partial charge is 0.356 e. The van der Waals surface area contributed by atoms with E-state index in [4.69, 9.17) is 5.26 Å². The molecule has 0 radical (unpaired) electrons. The van der Waals surface area contributed by atoms with Gasteiger partial charge in [0.25, 0.3) is 5.91 Å². The molecule has 1 aromatic heterocycles. The van der Waals surface area contributed by atoms with Crippen LogP contribution < -0.4 is 5.32 Å². The third kappa shape index (κ3) is 2.41. The van der Waals surface area contributed by atoms with Gasteiger partial charge in [-0.05, 0) is 34.1 Å². The lowest BCUT2D eigenvalue weighted by Crippen LogP contribution is -2.13.